The number of rotatable bonds is 9. The van der Waals surface area contributed by atoms with Crippen molar-refractivity contribution in [2.24, 2.45) is 0 Å². The van der Waals surface area contributed by atoms with Crippen LogP contribution in [0.1, 0.15) is 19.4 Å². The largest absolute Gasteiger partial charge is 0.491 e. The van der Waals surface area contributed by atoms with Crippen molar-refractivity contribution in [3.63, 3.8) is 0 Å². The molecule has 1 unspecified atom stereocenters. The Morgan fingerprint density at radius 2 is 1.81 bits per heavy atom. The molecule has 2 N–H and O–H groups in total. The van der Waals surface area contributed by atoms with E-state index in [9.17, 15) is 4.79 Å². The maximum Gasteiger partial charge on any atom is 0.342 e. The third-order valence-corrected chi connectivity index (χ3v) is 5.17. The smallest absolute Gasteiger partial charge is 0.342 e. The lowest BCUT2D eigenvalue weighted by Gasteiger charge is -2.28. The van der Waals surface area contributed by atoms with Gasteiger partial charge >= 0.3 is 5.97 Å². The van der Waals surface area contributed by atoms with Crippen LogP contribution in [-0.4, -0.2) is 35.8 Å². The van der Waals surface area contributed by atoms with Crippen molar-refractivity contribution < 1.29 is 19.0 Å². The summed E-state index contributed by atoms with van der Waals surface area (Å²) in [5.74, 6) is 0.138. The van der Waals surface area contributed by atoms with Crippen molar-refractivity contribution in [1.82, 2.24) is 9.97 Å². The number of hydrogen-bond donors (Lipinski definition) is 1. The van der Waals surface area contributed by atoms with Crippen LogP contribution in [0, 0.1) is 0 Å². The molecular formula is C23H23Cl2N3O4. The number of nitrogens with two attached hydrogens (primary N) is 1. The number of hydrogen-bond acceptors (Lipinski definition) is 7. The predicted molar refractivity (Wildman–Crippen MR) is 124 cm³/mol. The van der Waals surface area contributed by atoms with Crippen molar-refractivity contribution in [3.05, 3.63) is 70.3 Å². The maximum absolute atomic E-state index is 12.6. The van der Waals surface area contributed by atoms with Gasteiger partial charge in [-0.25, -0.2) is 14.8 Å². The van der Waals surface area contributed by atoms with Crippen molar-refractivity contribution >= 4 is 35.1 Å². The zero-order valence-electron chi connectivity index (χ0n) is 17.7. The van der Waals surface area contributed by atoms with Crippen molar-refractivity contribution in [2.45, 2.75) is 19.4 Å². The second kappa shape index (κ2) is 10.6. The zero-order valence-corrected chi connectivity index (χ0v) is 19.2. The van der Waals surface area contributed by atoms with Crippen LogP contribution in [0.25, 0.3) is 11.3 Å². The topological polar surface area (TPSA) is 96.6 Å². The monoisotopic (exact) mass is 475 g/mol. The van der Waals surface area contributed by atoms with E-state index in [0.29, 0.717) is 27.6 Å². The molecule has 168 valence electrons. The lowest BCUT2D eigenvalue weighted by molar-refractivity contribution is -0.172. The van der Waals surface area contributed by atoms with Crippen LogP contribution in [0.15, 0.2) is 54.6 Å². The molecule has 1 heterocycles. The minimum Gasteiger partial charge on any atom is -0.491 e. The number of carbonyl (C=O) groups is 1. The van der Waals surface area contributed by atoms with Gasteiger partial charge in [-0.15, -0.1) is 0 Å². The molecule has 1 aromatic heterocycles. The number of nitrogens with zero attached hydrogens (tertiary/aromatic N) is 2. The van der Waals surface area contributed by atoms with Gasteiger partial charge in [0.1, 0.15) is 17.5 Å². The van der Waals surface area contributed by atoms with Gasteiger partial charge in [0.25, 0.3) is 0 Å². The van der Waals surface area contributed by atoms with Gasteiger partial charge < -0.3 is 19.9 Å². The SMILES string of the molecule is CCOC(=O)C(C)(OCCOc1ccc(-c2cc(Cl)nc(N)n2)c(Cl)c1)c1ccccc1. The summed E-state index contributed by atoms with van der Waals surface area (Å²) in [6.07, 6.45) is 0. The van der Waals surface area contributed by atoms with Crippen molar-refractivity contribution in [3.8, 4) is 17.0 Å². The lowest BCUT2D eigenvalue weighted by atomic mass is 9.96. The molecule has 0 aliphatic carbocycles. The number of aromatic nitrogens is 2. The highest BCUT2D eigenvalue weighted by molar-refractivity contribution is 6.33. The number of benzene rings is 2. The number of esters is 1. The van der Waals surface area contributed by atoms with E-state index in [1.165, 1.54) is 0 Å². The Hall–Kier alpha value is -2.87. The summed E-state index contributed by atoms with van der Waals surface area (Å²) in [6.45, 7) is 4.05. The van der Waals surface area contributed by atoms with E-state index in [4.69, 9.17) is 43.1 Å². The summed E-state index contributed by atoms with van der Waals surface area (Å²) in [5.41, 5.74) is 6.27. The Kier molecular flexibility index (Phi) is 7.90. The zero-order chi connectivity index (χ0) is 23.1. The number of nitrogen functional groups attached to an aromatic ring is 1. The number of ether oxygens (including phenoxy) is 3. The number of anilines is 1. The van der Waals surface area contributed by atoms with E-state index >= 15 is 0 Å². The summed E-state index contributed by atoms with van der Waals surface area (Å²) in [5, 5.41) is 0.641. The van der Waals surface area contributed by atoms with Gasteiger partial charge in [0.05, 0.1) is 23.9 Å². The normalized spacial score (nSPS) is 12.8. The number of halogens is 2. The molecule has 0 spiro atoms. The van der Waals surface area contributed by atoms with Crippen molar-refractivity contribution in [1.29, 1.82) is 0 Å². The third-order valence-electron chi connectivity index (χ3n) is 4.66. The summed E-state index contributed by atoms with van der Waals surface area (Å²) in [6, 6.07) is 15.9. The molecule has 32 heavy (non-hydrogen) atoms. The first-order valence-corrected chi connectivity index (χ1v) is 10.7. The summed E-state index contributed by atoms with van der Waals surface area (Å²) >= 11 is 12.3. The maximum atomic E-state index is 12.6. The van der Waals surface area contributed by atoms with Crippen LogP contribution >= 0.6 is 23.2 Å². The Balaban J connectivity index is 1.65. The highest BCUT2D eigenvalue weighted by Crippen LogP contribution is 2.32. The Morgan fingerprint density at radius 3 is 2.47 bits per heavy atom. The summed E-state index contributed by atoms with van der Waals surface area (Å²) in [7, 11) is 0. The average Bonchev–Trinajstić information content (AvgIpc) is 2.76. The van der Waals surface area contributed by atoms with Gasteiger partial charge in [-0.05, 0) is 37.6 Å². The van der Waals surface area contributed by atoms with Crippen LogP contribution in [0.3, 0.4) is 0 Å². The average molecular weight is 476 g/mol. The van der Waals surface area contributed by atoms with Gasteiger partial charge in [0.2, 0.25) is 5.95 Å². The predicted octanol–water partition coefficient (Wildman–Crippen LogP) is 4.91. The minimum absolute atomic E-state index is 0.0594. The van der Waals surface area contributed by atoms with E-state index in [0.717, 1.165) is 0 Å². The van der Waals surface area contributed by atoms with Gasteiger partial charge in [-0.1, -0.05) is 53.5 Å². The molecule has 1 atom stereocenters. The molecular weight excluding hydrogens is 453 g/mol. The molecule has 3 rings (SSSR count). The second-order valence-corrected chi connectivity index (χ2v) is 7.69. The standard InChI is InChI=1S/C23H23Cl2N3O4/c1-3-30-21(29)23(2,15-7-5-4-6-8-15)32-12-11-31-16-9-10-17(18(24)13-16)19-14-20(25)28-22(26)27-19/h4-10,13-14H,3,11-12H2,1-2H3,(H2,26,27,28). The van der Waals surface area contributed by atoms with Crippen LogP contribution in [0.4, 0.5) is 5.95 Å². The van der Waals surface area contributed by atoms with Gasteiger partial charge in [0, 0.05) is 11.6 Å². The summed E-state index contributed by atoms with van der Waals surface area (Å²) in [4.78, 5) is 20.6. The highest BCUT2D eigenvalue weighted by Gasteiger charge is 2.37. The van der Waals surface area contributed by atoms with Crippen LogP contribution in [0.2, 0.25) is 10.2 Å². The molecule has 0 amide bonds. The molecule has 0 aliphatic rings. The first-order chi connectivity index (χ1) is 15.3. The fraction of sp³-hybridized carbons (Fsp3) is 0.261. The minimum atomic E-state index is -1.24. The molecule has 0 fully saturated rings. The molecule has 0 aliphatic heterocycles. The van der Waals surface area contributed by atoms with Crippen LogP contribution in [0.5, 0.6) is 5.75 Å². The third kappa shape index (κ3) is 5.68. The molecule has 0 radical (unpaired) electrons. The van der Waals surface area contributed by atoms with E-state index in [1.807, 2.05) is 30.3 Å². The van der Waals surface area contributed by atoms with E-state index in [2.05, 4.69) is 9.97 Å². The Labute approximate surface area is 196 Å². The molecule has 9 heteroatoms. The highest BCUT2D eigenvalue weighted by atomic mass is 35.5. The second-order valence-electron chi connectivity index (χ2n) is 6.89. The van der Waals surface area contributed by atoms with Crippen LogP contribution in [-0.2, 0) is 19.9 Å². The Bertz CT molecular complexity index is 1060. The number of carbonyl (C=O) groups excluding carboxylic acids is 1. The Morgan fingerprint density at radius 1 is 1.06 bits per heavy atom. The molecule has 2 aromatic carbocycles. The van der Waals surface area contributed by atoms with Crippen LogP contribution < -0.4 is 10.5 Å². The molecule has 0 saturated carbocycles. The fourth-order valence-corrected chi connectivity index (χ4v) is 3.51. The van der Waals surface area contributed by atoms with Crippen molar-refractivity contribution in [2.75, 3.05) is 25.6 Å². The van der Waals surface area contributed by atoms with E-state index in [-0.39, 0.29) is 30.9 Å². The molecule has 3 aromatic rings. The first-order valence-electron chi connectivity index (χ1n) is 9.93. The quantitative estimate of drug-likeness (QED) is 0.266. The fourth-order valence-electron chi connectivity index (χ4n) is 3.06. The molecule has 7 nitrogen and oxygen atoms in total. The molecule has 0 saturated heterocycles. The summed E-state index contributed by atoms with van der Waals surface area (Å²) < 4.78 is 16.9. The van der Waals surface area contributed by atoms with Gasteiger partial charge in [-0.2, -0.15) is 0 Å². The first kappa shape index (κ1) is 23.8. The van der Waals surface area contributed by atoms with E-state index in [1.54, 1.807) is 38.1 Å². The van der Waals surface area contributed by atoms with E-state index < -0.39 is 11.6 Å². The van der Waals surface area contributed by atoms with Gasteiger partial charge in [0.15, 0.2) is 5.60 Å². The lowest BCUT2D eigenvalue weighted by Crippen LogP contribution is -2.38. The molecule has 0 bridgehead atoms. The van der Waals surface area contributed by atoms with Gasteiger partial charge in [-0.3, -0.25) is 0 Å².